The fourth-order valence-corrected chi connectivity index (χ4v) is 4.17. The zero-order valence-corrected chi connectivity index (χ0v) is 18.1. The van der Waals surface area contributed by atoms with Crippen molar-refractivity contribution in [3.8, 4) is 0 Å². The normalized spacial score (nSPS) is 16.0. The summed E-state index contributed by atoms with van der Waals surface area (Å²) >= 11 is 0. The Labute approximate surface area is 172 Å². The summed E-state index contributed by atoms with van der Waals surface area (Å²) in [5.74, 6) is 1.43. The molecule has 1 nitrogen and oxygen atoms in total. The Kier molecular flexibility index (Phi) is 7.50. The largest absolute Gasteiger partial charge is 0.301 e. The van der Waals surface area contributed by atoms with Crippen LogP contribution in [0, 0.1) is 5.92 Å². The second kappa shape index (κ2) is 10.1. The number of rotatable bonds is 11. The molecule has 3 rings (SSSR count). The predicted octanol–water partition coefficient (Wildman–Crippen LogP) is 6.93. The van der Waals surface area contributed by atoms with E-state index >= 15 is 0 Å². The molecule has 28 heavy (non-hydrogen) atoms. The van der Waals surface area contributed by atoms with Gasteiger partial charge in [-0.25, -0.2) is 0 Å². The van der Waals surface area contributed by atoms with E-state index in [0.717, 1.165) is 17.9 Å². The van der Waals surface area contributed by atoms with Gasteiger partial charge >= 0.3 is 0 Å². The van der Waals surface area contributed by atoms with E-state index in [-0.39, 0.29) is 0 Å². The highest BCUT2D eigenvalue weighted by Gasteiger charge is 2.16. The summed E-state index contributed by atoms with van der Waals surface area (Å²) in [5, 5.41) is 0. The van der Waals surface area contributed by atoms with Crippen LogP contribution in [0.3, 0.4) is 0 Å². The van der Waals surface area contributed by atoms with Gasteiger partial charge in [0.05, 0.1) is 0 Å². The molecule has 150 valence electrons. The molecule has 1 heterocycles. The van der Waals surface area contributed by atoms with Crippen molar-refractivity contribution in [2.75, 3.05) is 19.6 Å². The lowest BCUT2D eigenvalue weighted by Gasteiger charge is -2.18. The smallest absolute Gasteiger partial charge is 0.0110 e. The molecule has 0 radical (unpaired) electrons. The fourth-order valence-electron chi connectivity index (χ4n) is 4.17. The van der Waals surface area contributed by atoms with Crippen LogP contribution >= 0.6 is 0 Å². The quantitative estimate of drug-likeness (QED) is 0.304. The molecule has 0 spiro atoms. The van der Waals surface area contributed by atoms with Crippen LogP contribution in [0.2, 0.25) is 0 Å². The predicted molar refractivity (Wildman–Crippen MR) is 123 cm³/mol. The third-order valence-corrected chi connectivity index (χ3v) is 6.07. The standard InChI is InChI=1S/C27H37N/c1-21(2)26-12-7-10-24(19-26)18-25-11-8-13-27(20-25)23(4)17-22(3)9-5-6-14-28-15-16-28/h7-8,10-13,19-20,22-23H,1,5-6,9,14-18H2,2-4H3. The Morgan fingerprint density at radius 1 is 1.00 bits per heavy atom. The van der Waals surface area contributed by atoms with Crippen LogP contribution in [0.1, 0.15) is 74.6 Å². The molecule has 2 atom stereocenters. The molecule has 1 aliphatic heterocycles. The first-order chi connectivity index (χ1) is 13.5. The van der Waals surface area contributed by atoms with Crippen molar-refractivity contribution in [1.29, 1.82) is 0 Å². The van der Waals surface area contributed by atoms with Gasteiger partial charge in [0.15, 0.2) is 0 Å². The maximum atomic E-state index is 4.07. The molecule has 0 N–H and O–H groups in total. The third-order valence-electron chi connectivity index (χ3n) is 6.07. The number of hydrogen-bond acceptors (Lipinski definition) is 1. The van der Waals surface area contributed by atoms with Crippen LogP contribution in [0.15, 0.2) is 55.1 Å². The van der Waals surface area contributed by atoms with Gasteiger partial charge in [-0.2, -0.15) is 0 Å². The fraction of sp³-hybridized carbons (Fsp3) is 0.481. The monoisotopic (exact) mass is 375 g/mol. The second-order valence-corrected chi connectivity index (χ2v) is 8.98. The van der Waals surface area contributed by atoms with Crippen molar-refractivity contribution in [2.45, 2.75) is 58.8 Å². The number of hydrogen-bond donors (Lipinski definition) is 0. The molecule has 1 aliphatic rings. The lowest BCUT2D eigenvalue weighted by atomic mass is 9.87. The van der Waals surface area contributed by atoms with E-state index in [0.29, 0.717) is 5.92 Å². The van der Waals surface area contributed by atoms with Crippen LogP contribution in [-0.4, -0.2) is 24.5 Å². The zero-order valence-electron chi connectivity index (χ0n) is 18.1. The summed E-state index contributed by atoms with van der Waals surface area (Å²) in [5.41, 5.74) is 6.64. The summed E-state index contributed by atoms with van der Waals surface area (Å²) in [6, 6.07) is 18.0. The summed E-state index contributed by atoms with van der Waals surface area (Å²) in [7, 11) is 0. The maximum absolute atomic E-state index is 4.07. The second-order valence-electron chi connectivity index (χ2n) is 8.98. The molecule has 1 saturated heterocycles. The first-order valence-corrected chi connectivity index (χ1v) is 11.1. The summed E-state index contributed by atoms with van der Waals surface area (Å²) in [6.07, 6.45) is 6.40. The van der Waals surface area contributed by atoms with Crippen molar-refractivity contribution in [3.05, 3.63) is 77.4 Å². The minimum absolute atomic E-state index is 0.629. The highest BCUT2D eigenvalue weighted by Crippen LogP contribution is 2.27. The minimum atomic E-state index is 0.629. The number of unbranched alkanes of at least 4 members (excludes halogenated alkanes) is 1. The van der Waals surface area contributed by atoms with Gasteiger partial charge in [-0.1, -0.05) is 87.4 Å². The van der Waals surface area contributed by atoms with Gasteiger partial charge in [0, 0.05) is 13.1 Å². The van der Waals surface area contributed by atoms with Crippen molar-refractivity contribution in [2.24, 2.45) is 5.92 Å². The van der Waals surface area contributed by atoms with Crippen LogP contribution in [0.25, 0.3) is 5.57 Å². The minimum Gasteiger partial charge on any atom is -0.301 e. The summed E-state index contributed by atoms with van der Waals surface area (Å²) < 4.78 is 0. The number of nitrogens with zero attached hydrogens (tertiary/aromatic N) is 1. The first-order valence-electron chi connectivity index (χ1n) is 11.1. The van der Waals surface area contributed by atoms with E-state index in [9.17, 15) is 0 Å². The summed E-state index contributed by atoms with van der Waals surface area (Å²) in [6.45, 7) is 15.0. The number of benzene rings is 2. The third kappa shape index (κ3) is 6.63. The molecule has 0 saturated carbocycles. The van der Waals surface area contributed by atoms with Gasteiger partial charge in [0.1, 0.15) is 0 Å². The van der Waals surface area contributed by atoms with Crippen molar-refractivity contribution < 1.29 is 0 Å². The Balaban J connectivity index is 1.52. The molecule has 0 aliphatic carbocycles. The topological polar surface area (TPSA) is 3.01 Å². The molecule has 1 fully saturated rings. The summed E-state index contributed by atoms with van der Waals surface area (Å²) in [4.78, 5) is 2.53. The van der Waals surface area contributed by atoms with Gasteiger partial charge < -0.3 is 4.90 Å². The zero-order chi connectivity index (χ0) is 19.9. The average Bonchev–Trinajstić information content (AvgIpc) is 3.50. The number of allylic oxidation sites excluding steroid dienone is 1. The first kappa shape index (κ1) is 20.9. The van der Waals surface area contributed by atoms with Gasteiger partial charge in [0.2, 0.25) is 0 Å². The van der Waals surface area contributed by atoms with Gasteiger partial charge in [-0.3, -0.25) is 0 Å². The van der Waals surface area contributed by atoms with E-state index in [1.54, 1.807) is 0 Å². The lowest BCUT2D eigenvalue weighted by molar-refractivity contribution is 0.418. The van der Waals surface area contributed by atoms with Crippen LogP contribution in [-0.2, 0) is 6.42 Å². The Bertz CT molecular complexity index is 771. The van der Waals surface area contributed by atoms with E-state index in [2.05, 4.69) is 80.8 Å². The Hall–Kier alpha value is -1.86. The van der Waals surface area contributed by atoms with Crippen LogP contribution in [0.5, 0.6) is 0 Å². The lowest BCUT2D eigenvalue weighted by Crippen LogP contribution is -2.05. The van der Waals surface area contributed by atoms with Gasteiger partial charge in [0.25, 0.3) is 0 Å². The van der Waals surface area contributed by atoms with E-state index in [1.807, 2.05) is 0 Å². The Morgan fingerprint density at radius 3 is 2.43 bits per heavy atom. The molecule has 1 heteroatoms. The average molecular weight is 376 g/mol. The maximum Gasteiger partial charge on any atom is 0.0110 e. The highest BCUT2D eigenvalue weighted by atomic mass is 15.2. The van der Waals surface area contributed by atoms with Crippen LogP contribution < -0.4 is 0 Å². The molecule has 2 unspecified atom stereocenters. The van der Waals surface area contributed by atoms with Crippen molar-refractivity contribution in [3.63, 3.8) is 0 Å². The van der Waals surface area contributed by atoms with Crippen molar-refractivity contribution >= 4 is 5.57 Å². The Morgan fingerprint density at radius 2 is 1.71 bits per heavy atom. The van der Waals surface area contributed by atoms with E-state index < -0.39 is 0 Å². The molecule has 0 amide bonds. The van der Waals surface area contributed by atoms with E-state index in [4.69, 9.17) is 0 Å². The molecule has 2 aromatic rings. The molecule has 0 bridgehead atoms. The van der Waals surface area contributed by atoms with E-state index in [1.165, 1.54) is 67.6 Å². The van der Waals surface area contributed by atoms with Crippen LogP contribution in [0.4, 0.5) is 0 Å². The molecular formula is C27H37N. The van der Waals surface area contributed by atoms with Gasteiger partial charge in [-0.15, -0.1) is 0 Å². The molecular weight excluding hydrogens is 338 g/mol. The molecule has 0 aromatic heterocycles. The van der Waals surface area contributed by atoms with Gasteiger partial charge in [-0.05, 0) is 66.8 Å². The van der Waals surface area contributed by atoms with Crippen molar-refractivity contribution in [1.82, 2.24) is 4.90 Å². The highest BCUT2D eigenvalue weighted by molar-refractivity contribution is 5.61. The SMILES string of the molecule is C=C(C)c1cccc(Cc2cccc(C(C)CC(C)CCCCN3CC3)c2)c1. The molecule has 2 aromatic carbocycles.